The molecule has 0 spiro atoms. The quantitative estimate of drug-likeness (QED) is 0.339. The van der Waals surface area contributed by atoms with E-state index >= 15 is 0 Å². The number of aromatic nitrogens is 2. The Morgan fingerprint density at radius 2 is 1.94 bits per heavy atom. The molecule has 0 bridgehead atoms. The highest BCUT2D eigenvalue weighted by Gasteiger charge is 2.19. The zero-order valence-electron chi connectivity index (χ0n) is 19.8. The van der Waals surface area contributed by atoms with Gasteiger partial charge in [-0.1, -0.05) is 24.3 Å². The molecular formula is C26H25N5O3S2. The van der Waals surface area contributed by atoms with E-state index in [0.29, 0.717) is 12.1 Å². The summed E-state index contributed by atoms with van der Waals surface area (Å²) < 4.78 is 31.9. The highest BCUT2D eigenvalue weighted by atomic mass is 32.2. The summed E-state index contributed by atoms with van der Waals surface area (Å²) in [5.41, 5.74) is 5.35. The van der Waals surface area contributed by atoms with Crippen LogP contribution in [0.2, 0.25) is 0 Å². The first-order valence-corrected chi connectivity index (χ1v) is 14.2. The number of sulfonamides is 1. The maximum atomic E-state index is 12.2. The second-order valence-electron chi connectivity index (χ2n) is 8.57. The SMILES string of the molecule is CS(=O)(=O)N(CC#N)c1cccc(-c2csc3cnc(Cc4ccc(N5CCOCC5)cc4)nc23)c1. The number of nitrogens with zero attached hydrogens (tertiary/aromatic N) is 5. The summed E-state index contributed by atoms with van der Waals surface area (Å²) >= 11 is 1.55. The molecule has 0 aliphatic carbocycles. The maximum Gasteiger partial charge on any atom is 0.233 e. The van der Waals surface area contributed by atoms with Crippen molar-refractivity contribution in [1.29, 1.82) is 5.26 Å². The summed E-state index contributed by atoms with van der Waals surface area (Å²) in [6.07, 6.45) is 3.55. The molecule has 0 saturated carbocycles. The number of hydrogen-bond acceptors (Lipinski definition) is 8. The lowest BCUT2D eigenvalue weighted by molar-refractivity contribution is 0.122. The Kier molecular flexibility index (Phi) is 6.87. The van der Waals surface area contributed by atoms with Crippen molar-refractivity contribution in [2.45, 2.75) is 6.42 Å². The minimum Gasteiger partial charge on any atom is -0.378 e. The van der Waals surface area contributed by atoms with Crippen molar-refractivity contribution >= 4 is 43.0 Å². The van der Waals surface area contributed by atoms with Crippen LogP contribution in [0.4, 0.5) is 11.4 Å². The molecule has 0 unspecified atom stereocenters. The monoisotopic (exact) mass is 519 g/mol. The Hall–Kier alpha value is -3.52. The van der Waals surface area contributed by atoms with Crippen molar-refractivity contribution in [3.8, 4) is 17.2 Å². The lowest BCUT2D eigenvalue weighted by atomic mass is 10.1. The molecule has 2 aromatic carbocycles. The van der Waals surface area contributed by atoms with Gasteiger partial charge < -0.3 is 9.64 Å². The Morgan fingerprint density at radius 3 is 2.67 bits per heavy atom. The highest BCUT2D eigenvalue weighted by molar-refractivity contribution is 7.92. The molecule has 3 heterocycles. The number of ether oxygens (including phenoxy) is 1. The van der Waals surface area contributed by atoms with Crippen LogP contribution in [-0.2, 0) is 21.2 Å². The second kappa shape index (κ2) is 10.2. The van der Waals surface area contributed by atoms with E-state index in [1.165, 1.54) is 5.69 Å². The summed E-state index contributed by atoms with van der Waals surface area (Å²) in [7, 11) is -3.58. The van der Waals surface area contributed by atoms with Crippen LogP contribution in [0.1, 0.15) is 11.4 Å². The third-order valence-electron chi connectivity index (χ3n) is 6.10. The number of fused-ring (bicyclic) bond motifs is 1. The van der Waals surface area contributed by atoms with Crippen molar-refractivity contribution in [1.82, 2.24) is 9.97 Å². The van der Waals surface area contributed by atoms with Gasteiger partial charge in [-0.2, -0.15) is 5.26 Å². The van der Waals surface area contributed by atoms with E-state index in [-0.39, 0.29) is 6.54 Å². The van der Waals surface area contributed by atoms with Gasteiger partial charge in [0.25, 0.3) is 0 Å². The summed E-state index contributed by atoms with van der Waals surface area (Å²) in [6.45, 7) is 3.07. The van der Waals surface area contributed by atoms with E-state index in [2.05, 4.69) is 34.1 Å². The van der Waals surface area contributed by atoms with Gasteiger partial charge >= 0.3 is 0 Å². The molecule has 0 N–H and O–H groups in total. The number of rotatable bonds is 7. The van der Waals surface area contributed by atoms with E-state index in [1.807, 2.05) is 23.7 Å². The van der Waals surface area contributed by atoms with Crippen LogP contribution >= 0.6 is 11.3 Å². The van der Waals surface area contributed by atoms with Crippen LogP contribution in [0.15, 0.2) is 60.1 Å². The zero-order chi connectivity index (χ0) is 25.1. The van der Waals surface area contributed by atoms with Crippen molar-refractivity contribution in [2.75, 3.05) is 48.3 Å². The lowest BCUT2D eigenvalue weighted by Gasteiger charge is -2.28. The lowest BCUT2D eigenvalue weighted by Crippen LogP contribution is -2.36. The van der Waals surface area contributed by atoms with Crippen LogP contribution in [-0.4, -0.2) is 57.5 Å². The summed E-state index contributed by atoms with van der Waals surface area (Å²) in [5, 5.41) is 11.1. The Bertz CT molecular complexity index is 1520. The fourth-order valence-electron chi connectivity index (χ4n) is 4.28. The summed E-state index contributed by atoms with van der Waals surface area (Å²) in [5.74, 6) is 0.722. The van der Waals surface area contributed by atoms with Gasteiger partial charge in [0.2, 0.25) is 10.0 Å². The van der Waals surface area contributed by atoms with E-state index in [0.717, 1.165) is 69.6 Å². The van der Waals surface area contributed by atoms with Crippen molar-refractivity contribution < 1.29 is 13.2 Å². The topological polar surface area (TPSA) is 99.4 Å². The average molecular weight is 520 g/mol. The predicted octanol–water partition coefficient (Wildman–Crippen LogP) is 4.08. The first-order valence-electron chi connectivity index (χ1n) is 11.5. The highest BCUT2D eigenvalue weighted by Crippen LogP contribution is 2.34. The van der Waals surface area contributed by atoms with E-state index in [4.69, 9.17) is 15.0 Å². The number of benzene rings is 2. The van der Waals surface area contributed by atoms with Gasteiger partial charge in [-0.15, -0.1) is 11.3 Å². The van der Waals surface area contributed by atoms with Gasteiger partial charge in [-0.05, 0) is 35.4 Å². The van der Waals surface area contributed by atoms with E-state index in [9.17, 15) is 8.42 Å². The number of morpholine rings is 1. The number of hydrogen-bond donors (Lipinski definition) is 0. The summed E-state index contributed by atoms with van der Waals surface area (Å²) in [6, 6.07) is 17.6. The molecule has 8 nitrogen and oxygen atoms in total. The Morgan fingerprint density at radius 1 is 1.17 bits per heavy atom. The minimum absolute atomic E-state index is 0.247. The maximum absolute atomic E-state index is 12.2. The molecule has 4 aromatic rings. The standard InChI is InChI=1S/C26H25N5O3S2/c1-36(32,33)31(10-9-27)22-4-2-3-20(16-22)23-18-35-24-17-28-25(29-26(23)24)15-19-5-7-21(8-6-19)30-11-13-34-14-12-30/h2-8,16-18H,10-15H2,1H3. The zero-order valence-corrected chi connectivity index (χ0v) is 21.4. The van der Waals surface area contributed by atoms with Crippen LogP contribution in [0.3, 0.4) is 0 Å². The molecule has 0 atom stereocenters. The largest absolute Gasteiger partial charge is 0.378 e. The van der Waals surface area contributed by atoms with Gasteiger partial charge in [-0.3, -0.25) is 4.31 Å². The Labute approximate surface area is 214 Å². The third kappa shape index (κ3) is 5.18. The molecule has 184 valence electrons. The number of nitriles is 1. The van der Waals surface area contributed by atoms with Gasteiger partial charge in [0, 0.05) is 42.3 Å². The normalized spacial score (nSPS) is 14.1. The first-order chi connectivity index (χ1) is 17.4. The van der Waals surface area contributed by atoms with Gasteiger partial charge in [0.1, 0.15) is 12.4 Å². The van der Waals surface area contributed by atoms with E-state index in [1.54, 1.807) is 29.5 Å². The fourth-order valence-corrected chi connectivity index (χ4v) is 5.94. The van der Waals surface area contributed by atoms with Gasteiger partial charge in [0.05, 0.1) is 41.4 Å². The molecule has 10 heteroatoms. The molecule has 2 aromatic heterocycles. The fraction of sp³-hybridized carbons (Fsp3) is 0.269. The van der Waals surface area contributed by atoms with Crippen molar-refractivity contribution in [3.63, 3.8) is 0 Å². The van der Waals surface area contributed by atoms with Crippen molar-refractivity contribution in [3.05, 3.63) is 71.5 Å². The Balaban J connectivity index is 1.42. The molecule has 0 amide bonds. The number of thiophene rings is 1. The summed E-state index contributed by atoms with van der Waals surface area (Å²) in [4.78, 5) is 11.8. The van der Waals surface area contributed by atoms with Crippen molar-refractivity contribution in [2.24, 2.45) is 0 Å². The van der Waals surface area contributed by atoms with Gasteiger partial charge in [-0.25, -0.2) is 18.4 Å². The van der Waals surface area contributed by atoms with Crippen LogP contribution in [0, 0.1) is 11.3 Å². The van der Waals surface area contributed by atoms with Crippen LogP contribution < -0.4 is 9.21 Å². The first kappa shape index (κ1) is 24.2. The smallest absolute Gasteiger partial charge is 0.233 e. The molecule has 36 heavy (non-hydrogen) atoms. The second-order valence-corrected chi connectivity index (χ2v) is 11.4. The van der Waals surface area contributed by atoms with Crippen LogP contribution in [0.25, 0.3) is 21.3 Å². The molecule has 1 aliphatic heterocycles. The molecular weight excluding hydrogens is 494 g/mol. The molecule has 0 radical (unpaired) electrons. The third-order valence-corrected chi connectivity index (χ3v) is 8.15. The van der Waals surface area contributed by atoms with E-state index < -0.39 is 10.0 Å². The predicted molar refractivity (Wildman–Crippen MR) is 143 cm³/mol. The molecule has 5 rings (SSSR count). The van der Waals surface area contributed by atoms with Gasteiger partial charge in [0.15, 0.2) is 0 Å². The average Bonchev–Trinajstić information content (AvgIpc) is 3.31. The molecule has 1 fully saturated rings. The molecule has 1 saturated heterocycles. The number of anilines is 2. The minimum atomic E-state index is -3.58. The van der Waals surface area contributed by atoms with Crippen LogP contribution in [0.5, 0.6) is 0 Å². The molecule has 1 aliphatic rings.